The quantitative estimate of drug-likeness (QED) is 0.326. The maximum atomic E-state index is 12.0. The summed E-state index contributed by atoms with van der Waals surface area (Å²) in [6.07, 6.45) is -0.253. The van der Waals surface area contributed by atoms with E-state index in [2.05, 4.69) is 32.7 Å². The van der Waals surface area contributed by atoms with Gasteiger partial charge in [0.05, 0.1) is 13.2 Å². The Morgan fingerprint density at radius 1 is 0.882 bits per heavy atom. The highest BCUT2D eigenvalue weighted by Gasteiger charge is 2.38. The molecule has 0 bridgehead atoms. The summed E-state index contributed by atoms with van der Waals surface area (Å²) < 4.78 is 55.9. The van der Waals surface area contributed by atoms with Crippen LogP contribution in [0.2, 0.25) is 0 Å². The summed E-state index contributed by atoms with van der Waals surface area (Å²) >= 11 is 8.59. The first-order chi connectivity index (χ1) is 7.55. The predicted molar refractivity (Wildman–Crippen MR) is 48.1 cm³/mol. The molecule has 0 unspecified atom stereocenters. The second-order valence-corrected chi connectivity index (χ2v) is 3.57. The number of rotatable bonds is 6. The van der Waals surface area contributed by atoms with Crippen molar-refractivity contribution in [2.45, 2.75) is 17.2 Å². The van der Waals surface area contributed by atoms with Gasteiger partial charge in [-0.25, -0.2) is 9.59 Å². The molecule has 10 heteroatoms. The van der Waals surface area contributed by atoms with Crippen LogP contribution in [0.15, 0.2) is 0 Å². The van der Waals surface area contributed by atoms with Gasteiger partial charge in [0.15, 0.2) is 0 Å². The smallest absolute Gasteiger partial charge is 0.417 e. The van der Waals surface area contributed by atoms with Crippen molar-refractivity contribution in [1.82, 2.24) is 0 Å². The van der Waals surface area contributed by atoms with Crippen LogP contribution in [0.3, 0.4) is 0 Å². The second-order valence-electron chi connectivity index (χ2n) is 2.62. The van der Waals surface area contributed by atoms with E-state index in [0.717, 1.165) is 0 Å². The third-order valence-corrected chi connectivity index (χ3v) is 1.53. The van der Waals surface area contributed by atoms with Gasteiger partial charge in [-0.2, -0.15) is 17.6 Å². The molecule has 17 heavy (non-hydrogen) atoms. The average molecular weight is 301 g/mol. The Labute approximate surface area is 103 Å². The van der Waals surface area contributed by atoms with Gasteiger partial charge in [0, 0.05) is 6.42 Å². The largest absolute Gasteiger partial charge is 0.460 e. The number of esters is 2. The van der Waals surface area contributed by atoms with Gasteiger partial charge in [0.25, 0.3) is 0 Å². The Balaban J connectivity index is 3.68. The fourth-order valence-corrected chi connectivity index (χ4v) is 0.661. The normalized spacial score (nSPS) is 12.1. The maximum absolute atomic E-state index is 12.0. The molecule has 0 rings (SSSR count). The fraction of sp³-hybridized carbons (Fsp3) is 0.714. The molecule has 0 saturated heterocycles. The monoisotopic (exact) mass is 300 g/mol. The second kappa shape index (κ2) is 6.25. The topological polar surface area (TPSA) is 52.6 Å². The van der Waals surface area contributed by atoms with Gasteiger partial charge < -0.3 is 9.47 Å². The standard InChI is InChI=1S/C7H6Cl2F4O4/c8-6(10,11)4(14)16-2-1-3-17-5(15)7(9,12)13/h1-3H2. The van der Waals surface area contributed by atoms with Crippen LogP contribution < -0.4 is 0 Å². The van der Waals surface area contributed by atoms with E-state index in [1.54, 1.807) is 0 Å². The lowest BCUT2D eigenvalue weighted by atomic mass is 10.5. The van der Waals surface area contributed by atoms with Crippen molar-refractivity contribution in [3.05, 3.63) is 0 Å². The van der Waals surface area contributed by atoms with E-state index < -0.39 is 35.9 Å². The SMILES string of the molecule is O=C(OCCCOC(=O)C(F)(F)Cl)C(F)(F)Cl. The molecule has 100 valence electrons. The number of halogens is 6. The first-order valence-electron chi connectivity index (χ1n) is 4.03. The highest BCUT2D eigenvalue weighted by molar-refractivity contribution is 6.31. The molecule has 0 atom stereocenters. The van der Waals surface area contributed by atoms with Crippen LogP contribution in [0.1, 0.15) is 6.42 Å². The molecule has 0 aliphatic heterocycles. The van der Waals surface area contributed by atoms with Gasteiger partial charge in [0.1, 0.15) is 0 Å². The molecule has 0 amide bonds. The summed E-state index contributed by atoms with van der Waals surface area (Å²) in [7, 11) is 0. The predicted octanol–water partition coefficient (Wildman–Crippen LogP) is 2.13. The molecule has 0 fully saturated rings. The molecule has 0 heterocycles. The minimum absolute atomic E-state index is 0.253. The maximum Gasteiger partial charge on any atom is 0.417 e. The first kappa shape index (κ1) is 16.2. The summed E-state index contributed by atoms with van der Waals surface area (Å²) in [6, 6.07) is 0. The molecule has 0 spiro atoms. The zero-order valence-electron chi connectivity index (χ0n) is 8.02. The molecule has 0 aliphatic carbocycles. The van der Waals surface area contributed by atoms with Crippen LogP contribution in [0, 0.1) is 0 Å². The van der Waals surface area contributed by atoms with E-state index in [1.807, 2.05) is 0 Å². The lowest BCUT2D eigenvalue weighted by molar-refractivity contribution is -0.164. The van der Waals surface area contributed by atoms with Crippen LogP contribution >= 0.6 is 23.2 Å². The van der Waals surface area contributed by atoms with Gasteiger partial charge in [-0.3, -0.25) is 0 Å². The average Bonchev–Trinajstić information content (AvgIpc) is 2.13. The Bertz CT molecular complexity index is 259. The zero-order chi connectivity index (χ0) is 13.7. The summed E-state index contributed by atoms with van der Waals surface area (Å²) in [4.78, 5) is 20.7. The number of hydrogen-bond donors (Lipinski definition) is 0. The van der Waals surface area contributed by atoms with Crippen molar-refractivity contribution in [2.75, 3.05) is 13.2 Å². The summed E-state index contributed by atoms with van der Waals surface area (Å²) in [5, 5.41) is -8.31. The molecule has 4 nitrogen and oxygen atoms in total. The van der Waals surface area contributed by atoms with Gasteiger partial charge in [-0.05, 0) is 23.2 Å². The Kier molecular flexibility index (Phi) is 5.97. The molecular formula is C7H6Cl2F4O4. The zero-order valence-corrected chi connectivity index (χ0v) is 9.53. The number of carbonyl (C=O) groups excluding carboxylic acids is 2. The van der Waals surface area contributed by atoms with Crippen molar-refractivity contribution in [3.63, 3.8) is 0 Å². The minimum Gasteiger partial charge on any atom is -0.460 e. The Morgan fingerprint density at radius 3 is 1.41 bits per heavy atom. The van der Waals surface area contributed by atoms with E-state index in [4.69, 9.17) is 0 Å². The fourth-order valence-electron chi connectivity index (χ4n) is 0.552. The third kappa shape index (κ3) is 7.22. The van der Waals surface area contributed by atoms with Crippen LogP contribution in [0.4, 0.5) is 17.6 Å². The highest BCUT2D eigenvalue weighted by atomic mass is 35.5. The summed E-state index contributed by atoms with van der Waals surface area (Å²) in [6.45, 7) is -1.13. The molecule has 0 radical (unpaired) electrons. The van der Waals surface area contributed by atoms with E-state index in [1.165, 1.54) is 0 Å². The van der Waals surface area contributed by atoms with Gasteiger partial charge in [-0.15, -0.1) is 0 Å². The van der Waals surface area contributed by atoms with Gasteiger partial charge >= 0.3 is 22.7 Å². The lowest BCUT2D eigenvalue weighted by Crippen LogP contribution is -2.26. The first-order valence-corrected chi connectivity index (χ1v) is 4.78. The summed E-state index contributed by atoms with van der Waals surface area (Å²) in [5.74, 6) is -3.96. The number of carbonyl (C=O) groups is 2. The highest BCUT2D eigenvalue weighted by Crippen LogP contribution is 2.21. The number of ether oxygens (including phenoxy) is 2. The van der Waals surface area contributed by atoms with Crippen molar-refractivity contribution in [1.29, 1.82) is 0 Å². The van der Waals surface area contributed by atoms with Crippen molar-refractivity contribution >= 4 is 35.1 Å². The molecule has 0 aromatic rings. The van der Waals surface area contributed by atoms with Crippen LogP contribution in [0.5, 0.6) is 0 Å². The van der Waals surface area contributed by atoms with Crippen LogP contribution in [-0.2, 0) is 19.1 Å². The van der Waals surface area contributed by atoms with Gasteiger partial charge in [0.2, 0.25) is 0 Å². The van der Waals surface area contributed by atoms with Crippen molar-refractivity contribution in [2.24, 2.45) is 0 Å². The van der Waals surface area contributed by atoms with Crippen molar-refractivity contribution < 1.29 is 36.6 Å². The Hall–Kier alpha value is -0.760. The minimum atomic E-state index is -4.15. The third-order valence-electron chi connectivity index (χ3n) is 1.22. The van der Waals surface area contributed by atoms with E-state index >= 15 is 0 Å². The van der Waals surface area contributed by atoms with Crippen LogP contribution in [0.25, 0.3) is 0 Å². The lowest BCUT2D eigenvalue weighted by Gasteiger charge is -2.09. The molecule has 0 aliphatic rings. The number of alkyl halides is 6. The summed E-state index contributed by atoms with van der Waals surface area (Å²) in [5.41, 5.74) is 0. The van der Waals surface area contributed by atoms with Crippen LogP contribution in [-0.4, -0.2) is 35.9 Å². The molecule has 0 N–H and O–H groups in total. The van der Waals surface area contributed by atoms with E-state index in [0.29, 0.717) is 0 Å². The van der Waals surface area contributed by atoms with Crippen molar-refractivity contribution in [3.8, 4) is 0 Å². The molecule has 0 aromatic heterocycles. The van der Waals surface area contributed by atoms with Gasteiger partial charge in [-0.1, -0.05) is 0 Å². The van der Waals surface area contributed by atoms with E-state index in [9.17, 15) is 27.2 Å². The molecule has 0 aromatic carbocycles. The molecular weight excluding hydrogens is 295 g/mol. The molecule has 0 saturated carbocycles. The number of hydrogen-bond acceptors (Lipinski definition) is 4. The Morgan fingerprint density at radius 2 is 1.18 bits per heavy atom. The van der Waals surface area contributed by atoms with E-state index in [-0.39, 0.29) is 6.42 Å².